The van der Waals surface area contributed by atoms with Gasteiger partial charge in [-0.05, 0) is 48.9 Å². The maximum atomic E-state index is 13.3. The predicted molar refractivity (Wildman–Crippen MR) is 122 cm³/mol. The molecule has 1 heterocycles. The summed E-state index contributed by atoms with van der Waals surface area (Å²) >= 11 is 1.51. The fourth-order valence-electron chi connectivity index (χ4n) is 3.07. The van der Waals surface area contributed by atoms with Crippen molar-refractivity contribution in [2.24, 2.45) is 5.10 Å². The highest BCUT2D eigenvalue weighted by Gasteiger charge is 2.12. The van der Waals surface area contributed by atoms with E-state index in [9.17, 15) is 14.0 Å². The van der Waals surface area contributed by atoms with Crippen LogP contribution >= 0.6 is 11.3 Å². The van der Waals surface area contributed by atoms with Crippen LogP contribution in [0.15, 0.2) is 83.3 Å². The lowest BCUT2D eigenvalue weighted by Crippen LogP contribution is -2.19. The van der Waals surface area contributed by atoms with E-state index in [0.717, 1.165) is 15.6 Å². The first-order chi connectivity index (χ1) is 15.0. The van der Waals surface area contributed by atoms with E-state index in [1.807, 2.05) is 35.7 Å². The van der Waals surface area contributed by atoms with E-state index in [4.69, 9.17) is 0 Å². The Hall–Kier alpha value is -3.84. The number of nitrogens with zero attached hydrogens (tertiary/aromatic N) is 1. The summed E-state index contributed by atoms with van der Waals surface area (Å²) in [6.07, 6.45) is 0. The second-order valence-corrected chi connectivity index (χ2v) is 7.74. The minimum atomic E-state index is -0.474. The first kappa shape index (κ1) is 20.4. The van der Waals surface area contributed by atoms with E-state index in [1.54, 1.807) is 31.2 Å². The summed E-state index contributed by atoms with van der Waals surface area (Å²) in [5.41, 5.74) is 5.25. The number of hydrogen-bond donors (Lipinski definition) is 2. The van der Waals surface area contributed by atoms with Crippen molar-refractivity contribution in [3.05, 3.63) is 101 Å². The number of amides is 2. The van der Waals surface area contributed by atoms with E-state index in [1.165, 1.54) is 29.5 Å². The van der Waals surface area contributed by atoms with Crippen LogP contribution in [0.1, 0.15) is 33.2 Å². The second kappa shape index (κ2) is 8.89. The van der Waals surface area contributed by atoms with Crippen molar-refractivity contribution in [3.63, 3.8) is 0 Å². The van der Waals surface area contributed by atoms with Gasteiger partial charge in [0.15, 0.2) is 0 Å². The Morgan fingerprint density at radius 1 is 0.903 bits per heavy atom. The number of thiophene rings is 1. The Morgan fingerprint density at radius 3 is 2.52 bits per heavy atom. The Balaban J connectivity index is 1.47. The number of carbonyl (C=O) groups is 2. The maximum Gasteiger partial charge on any atom is 0.272 e. The van der Waals surface area contributed by atoms with Gasteiger partial charge in [-0.1, -0.05) is 36.4 Å². The Labute approximate surface area is 182 Å². The lowest BCUT2D eigenvalue weighted by Gasteiger charge is -2.08. The van der Waals surface area contributed by atoms with Gasteiger partial charge in [-0.2, -0.15) is 5.10 Å². The maximum absolute atomic E-state index is 13.3. The van der Waals surface area contributed by atoms with Gasteiger partial charge in [0.2, 0.25) is 0 Å². The van der Waals surface area contributed by atoms with Crippen molar-refractivity contribution in [1.82, 2.24) is 5.43 Å². The van der Waals surface area contributed by atoms with Crippen molar-refractivity contribution in [1.29, 1.82) is 0 Å². The zero-order chi connectivity index (χ0) is 21.8. The molecule has 0 aliphatic rings. The van der Waals surface area contributed by atoms with E-state index in [0.29, 0.717) is 17.0 Å². The van der Waals surface area contributed by atoms with Gasteiger partial charge in [-0.15, -0.1) is 11.3 Å². The monoisotopic (exact) mass is 431 g/mol. The summed E-state index contributed by atoms with van der Waals surface area (Å²) in [6.45, 7) is 1.76. The topological polar surface area (TPSA) is 70.6 Å². The van der Waals surface area contributed by atoms with Crippen LogP contribution in [0.5, 0.6) is 0 Å². The molecule has 4 rings (SSSR count). The molecule has 0 bridgehead atoms. The Kier molecular flexibility index (Phi) is 5.86. The average molecular weight is 431 g/mol. The van der Waals surface area contributed by atoms with Crippen LogP contribution in [-0.4, -0.2) is 17.5 Å². The second-order valence-electron chi connectivity index (χ2n) is 6.83. The SMILES string of the molecule is C/C(=N\NC(=O)c1csc2ccccc12)c1cccc(NC(=O)c2cccc(F)c2)c1. The summed E-state index contributed by atoms with van der Waals surface area (Å²) in [6, 6.07) is 20.2. The molecule has 0 aliphatic carbocycles. The molecule has 2 N–H and O–H groups in total. The molecule has 1 aromatic heterocycles. The molecule has 0 spiro atoms. The molecular formula is C24H18FN3O2S. The number of hydrazone groups is 1. The van der Waals surface area contributed by atoms with Crippen LogP contribution in [0.3, 0.4) is 0 Å². The third-order valence-corrected chi connectivity index (χ3v) is 5.64. The first-order valence-corrected chi connectivity index (χ1v) is 10.4. The van der Waals surface area contributed by atoms with Crippen LogP contribution < -0.4 is 10.7 Å². The van der Waals surface area contributed by atoms with Gasteiger partial charge in [0.05, 0.1) is 11.3 Å². The summed E-state index contributed by atoms with van der Waals surface area (Å²) in [4.78, 5) is 24.9. The fourth-order valence-corrected chi connectivity index (χ4v) is 4.01. The zero-order valence-electron chi connectivity index (χ0n) is 16.6. The molecule has 0 radical (unpaired) electrons. The van der Waals surface area contributed by atoms with Crippen molar-refractivity contribution in [2.75, 3.05) is 5.32 Å². The van der Waals surface area contributed by atoms with Gasteiger partial charge in [0.25, 0.3) is 11.8 Å². The van der Waals surface area contributed by atoms with Gasteiger partial charge < -0.3 is 5.32 Å². The number of benzene rings is 3. The Bertz CT molecular complexity index is 1310. The number of fused-ring (bicyclic) bond motifs is 1. The van der Waals surface area contributed by atoms with E-state index >= 15 is 0 Å². The number of anilines is 1. The molecule has 5 nitrogen and oxygen atoms in total. The van der Waals surface area contributed by atoms with Gasteiger partial charge in [-0.3, -0.25) is 9.59 Å². The van der Waals surface area contributed by atoms with Crippen molar-refractivity contribution in [2.45, 2.75) is 6.92 Å². The summed E-state index contributed by atoms with van der Waals surface area (Å²) in [7, 11) is 0. The standard InChI is InChI=1S/C24H18FN3O2S/c1-15(27-28-24(30)21-14-31-22-11-3-2-10-20(21)22)16-6-5-9-19(13-16)26-23(29)17-7-4-8-18(25)12-17/h2-14H,1H3,(H,26,29)(H,28,30)/b27-15+. The van der Waals surface area contributed by atoms with Crippen LogP contribution in [0, 0.1) is 5.82 Å². The molecule has 154 valence electrons. The highest BCUT2D eigenvalue weighted by atomic mass is 32.1. The zero-order valence-corrected chi connectivity index (χ0v) is 17.4. The fraction of sp³-hybridized carbons (Fsp3) is 0.0417. The predicted octanol–water partition coefficient (Wildman–Crippen LogP) is 5.45. The molecular weight excluding hydrogens is 413 g/mol. The van der Waals surface area contributed by atoms with Gasteiger partial charge in [0.1, 0.15) is 5.82 Å². The lowest BCUT2D eigenvalue weighted by atomic mass is 10.1. The largest absolute Gasteiger partial charge is 0.322 e. The van der Waals surface area contributed by atoms with Crippen LogP contribution in [0.2, 0.25) is 0 Å². The minimum Gasteiger partial charge on any atom is -0.322 e. The molecule has 0 atom stereocenters. The molecule has 2 amide bonds. The summed E-state index contributed by atoms with van der Waals surface area (Å²) in [5.74, 6) is -1.17. The van der Waals surface area contributed by atoms with Crippen molar-refractivity contribution in [3.8, 4) is 0 Å². The number of nitrogens with one attached hydrogen (secondary N) is 2. The van der Waals surface area contributed by atoms with Crippen molar-refractivity contribution < 1.29 is 14.0 Å². The van der Waals surface area contributed by atoms with E-state index < -0.39 is 11.7 Å². The number of rotatable bonds is 5. The highest BCUT2D eigenvalue weighted by Crippen LogP contribution is 2.25. The quantitative estimate of drug-likeness (QED) is 0.326. The molecule has 0 unspecified atom stereocenters. The summed E-state index contributed by atoms with van der Waals surface area (Å²) in [5, 5.41) is 9.65. The molecule has 0 saturated heterocycles. The number of carbonyl (C=O) groups excluding carboxylic acids is 2. The molecule has 7 heteroatoms. The molecule has 0 aliphatic heterocycles. The third kappa shape index (κ3) is 4.67. The van der Waals surface area contributed by atoms with Crippen LogP contribution in [0.4, 0.5) is 10.1 Å². The summed E-state index contributed by atoms with van der Waals surface area (Å²) < 4.78 is 14.4. The van der Waals surface area contributed by atoms with Crippen LogP contribution in [-0.2, 0) is 0 Å². The average Bonchev–Trinajstić information content (AvgIpc) is 3.22. The number of halogens is 1. The Morgan fingerprint density at radius 2 is 1.68 bits per heavy atom. The molecule has 0 fully saturated rings. The third-order valence-electron chi connectivity index (χ3n) is 4.68. The number of hydrogen-bond acceptors (Lipinski definition) is 4. The van der Waals surface area contributed by atoms with Gasteiger partial charge in [0, 0.05) is 26.7 Å². The van der Waals surface area contributed by atoms with Crippen molar-refractivity contribution >= 4 is 44.6 Å². The molecule has 0 saturated carbocycles. The van der Waals surface area contributed by atoms with E-state index in [2.05, 4.69) is 15.8 Å². The van der Waals surface area contributed by atoms with E-state index in [-0.39, 0.29) is 11.5 Å². The van der Waals surface area contributed by atoms with Gasteiger partial charge >= 0.3 is 0 Å². The normalized spacial score (nSPS) is 11.4. The highest BCUT2D eigenvalue weighted by molar-refractivity contribution is 7.17. The van der Waals surface area contributed by atoms with Gasteiger partial charge in [-0.25, -0.2) is 9.82 Å². The smallest absolute Gasteiger partial charge is 0.272 e. The molecule has 3 aromatic carbocycles. The lowest BCUT2D eigenvalue weighted by molar-refractivity contribution is 0.0956. The minimum absolute atomic E-state index is 0.228. The molecule has 31 heavy (non-hydrogen) atoms. The van der Waals surface area contributed by atoms with Crippen LogP contribution in [0.25, 0.3) is 10.1 Å². The molecule has 4 aromatic rings. The first-order valence-electron chi connectivity index (χ1n) is 9.49.